The smallest absolute Gasteiger partial charge is 0.180 e. The zero-order valence-electron chi connectivity index (χ0n) is 14.0. The monoisotopic (exact) mass is 351 g/mol. The van der Waals surface area contributed by atoms with E-state index in [-0.39, 0.29) is 10.9 Å². The third kappa shape index (κ3) is 2.72. The van der Waals surface area contributed by atoms with Crippen LogP contribution in [0.5, 0.6) is 5.75 Å². The van der Waals surface area contributed by atoms with Crippen LogP contribution in [0.4, 0.5) is 0 Å². The van der Waals surface area contributed by atoms with Crippen LogP contribution in [0.2, 0.25) is 0 Å². The van der Waals surface area contributed by atoms with Gasteiger partial charge < -0.3 is 4.74 Å². The average Bonchev–Trinajstić information content (AvgIpc) is 2.60. The molecule has 0 aliphatic carbocycles. The summed E-state index contributed by atoms with van der Waals surface area (Å²) in [6, 6.07) is 22.2. The Bertz CT molecular complexity index is 900. The number of aryl methyl sites for hydroxylation is 2. The molecule has 0 aromatic heterocycles. The summed E-state index contributed by atoms with van der Waals surface area (Å²) in [5, 5.41) is 0. The summed E-state index contributed by atoms with van der Waals surface area (Å²) in [6.45, 7) is 4.34. The molecule has 0 N–H and O–H groups in total. The normalized spacial score (nSPS) is 15.5. The van der Waals surface area contributed by atoms with E-state index in [0.717, 1.165) is 5.75 Å². The van der Waals surface area contributed by atoms with E-state index in [1.165, 1.54) is 35.6 Å². The molecule has 24 heavy (non-hydrogen) atoms. The van der Waals surface area contributed by atoms with Crippen molar-refractivity contribution in [1.29, 1.82) is 0 Å². The van der Waals surface area contributed by atoms with Crippen molar-refractivity contribution in [2.45, 2.75) is 38.3 Å². The van der Waals surface area contributed by atoms with E-state index in [0.29, 0.717) is 0 Å². The molecule has 0 spiro atoms. The Kier molecular flexibility index (Phi) is 4.07. The van der Waals surface area contributed by atoms with Crippen molar-refractivity contribution < 1.29 is 4.74 Å². The number of fused-ring (bicyclic) bond motifs is 2. The van der Waals surface area contributed by atoms with E-state index in [4.69, 9.17) is 4.74 Å². The summed E-state index contributed by atoms with van der Waals surface area (Å²) in [5.74, 6) is 0.905. The highest BCUT2D eigenvalue weighted by atomic mass is 32.2. The Labute approximate surface area is 150 Å². The molecule has 0 saturated carbocycles. The minimum atomic E-state index is -0.0631. The number of hydrogen-bond acceptors (Lipinski definition) is 2. The lowest BCUT2D eigenvalue weighted by Crippen LogP contribution is -2.11. The molecule has 3 aromatic carbocycles. The minimum absolute atomic E-state index is 0.0631. The van der Waals surface area contributed by atoms with Crippen molar-refractivity contribution in [2.24, 2.45) is 0 Å². The Hall–Kier alpha value is -1.84. The molecule has 3 heteroatoms. The Morgan fingerprint density at radius 3 is 2.21 bits per heavy atom. The summed E-state index contributed by atoms with van der Waals surface area (Å²) in [6.07, 6.45) is 0. The summed E-state index contributed by atoms with van der Waals surface area (Å²) >= 11 is 1.89. The summed E-state index contributed by atoms with van der Waals surface area (Å²) in [7, 11) is 1.65. The lowest BCUT2D eigenvalue weighted by atomic mass is 10.2. The van der Waals surface area contributed by atoms with Crippen LogP contribution in [0, 0.1) is 13.8 Å². The maximum atomic E-state index is 5.33. The second-order valence-electron chi connectivity index (χ2n) is 5.98. The first-order valence-electron chi connectivity index (χ1n) is 7.93. The molecular formula is C21H19OS2+. The zero-order valence-corrected chi connectivity index (χ0v) is 15.6. The molecule has 0 fully saturated rings. The van der Waals surface area contributed by atoms with Gasteiger partial charge in [0.1, 0.15) is 16.6 Å². The quantitative estimate of drug-likeness (QED) is 0.418. The van der Waals surface area contributed by atoms with Crippen LogP contribution in [0.3, 0.4) is 0 Å². The van der Waals surface area contributed by atoms with Crippen molar-refractivity contribution in [1.82, 2.24) is 0 Å². The van der Waals surface area contributed by atoms with E-state index in [1.54, 1.807) is 7.11 Å². The fourth-order valence-corrected chi connectivity index (χ4v) is 6.81. The van der Waals surface area contributed by atoms with Gasteiger partial charge in [0.2, 0.25) is 0 Å². The van der Waals surface area contributed by atoms with E-state index in [2.05, 4.69) is 74.5 Å². The largest absolute Gasteiger partial charge is 0.497 e. The molecule has 0 amide bonds. The highest BCUT2D eigenvalue weighted by Gasteiger charge is 2.38. The zero-order chi connectivity index (χ0) is 16.7. The Morgan fingerprint density at radius 2 is 1.46 bits per heavy atom. The number of rotatable bonds is 2. The van der Waals surface area contributed by atoms with Crippen LogP contribution in [0.15, 0.2) is 85.1 Å². The second-order valence-corrected chi connectivity index (χ2v) is 9.03. The van der Waals surface area contributed by atoms with E-state index in [9.17, 15) is 0 Å². The van der Waals surface area contributed by atoms with Crippen molar-refractivity contribution in [3.8, 4) is 5.75 Å². The second kappa shape index (κ2) is 6.23. The molecule has 1 unspecified atom stereocenters. The Morgan fingerprint density at radius 1 is 0.750 bits per heavy atom. The number of ether oxygens (including phenoxy) is 1. The lowest BCUT2D eigenvalue weighted by Gasteiger charge is -2.20. The SMILES string of the molecule is COc1ccc([S+]2c3ccc(C)cc3Sc3ccc(C)cc32)cc1. The summed E-state index contributed by atoms with van der Waals surface area (Å²) in [5.41, 5.74) is 2.63. The van der Waals surface area contributed by atoms with Crippen LogP contribution < -0.4 is 4.74 Å². The number of methoxy groups -OCH3 is 1. The molecular weight excluding hydrogens is 332 g/mol. The van der Waals surface area contributed by atoms with Crippen molar-refractivity contribution in [2.75, 3.05) is 7.11 Å². The van der Waals surface area contributed by atoms with Crippen molar-refractivity contribution in [3.05, 3.63) is 71.8 Å². The van der Waals surface area contributed by atoms with Gasteiger partial charge in [0, 0.05) is 0 Å². The third-order valence-electron chi connectivity index (χ3n) is 4.15. The summed E-state index contributed by atoms with van der Waals surface area (Å²) < 4.78 is 5.33. The van der Waals surface area contributed by atoms with Crippen LogP contribution in [0.1, 0.15) is 11.1 Å². The molecule has 0 radical (unpaired) electrons. The fourth-order valence-electron chi connectivity index (χ4n) is 2.93. The molecule has 1 nitrogen and oxygen atoms in total. The van der Waals surface area contributed by atoms with Gasteiger partial charge in [-0.3, -0.25) is 0 Å². The van der Waals surface area contributed by atoms with Gasteiger partial charge in [0.05, 0.1) is 16.9 Å². The van der Waals surface area contributed by atoms with E-state index >= 15 is 0 Å². The molecule has 120 valence electrons. The van der Waals surface area contributed by atoms with Crippen LogP contribution in [-0.4, -0.2) is 7.11 Å². The standard InChI is InChI=1S/C21H19OS2/c1-14-5-11-20-19(12-14)23-18-10-4-15(2)13-21(18)24(20)17-8-6-16(22-3)7-9-17/h4-13H,1-3H3/q+1. The fraction of sp³-hybridized carbons (Fsp3) is 0.143. The summed E-state index contributed by atoms with van der Waals surface area (Å²) in [4.78, 5) is 6.95. The first-order chi connectivity index (χ1) is 11.7. The van der Waals surface area contributed by atoms with Gasteiger partial charge in [-0.25, -0.2) is 0 Å². The molecule has 1 heterocycles. The third-order valence-corrected chi connectivity index (χ3v) is 7.86. The predicted octanol–water partition coefficient (Wildman–Crippen LogP) is 5.87. The number of benzene rings is 3. The topological polar surface area (TPSA) is 9.23 Å². The molecule has 0 bridgehead atoms. The van der Waals surface area contributed by atoms with Crippen molar-refractivity contribution >= 4 is 22.7 Å². The number of hydrogen-bond donors (Lipinski definition) is 0. The lowest BCUT2D eigenvalue weighted by molar-refractivity contribution is 0.414. The average molecular weight is 352 g/mol. The van der Waals surface area contributed by atoms with Crippen LogP contribution in [0.25, 0.3) is 0 Å². The molecule has 0 saturated heterocycles. The Balaban J connectivity index is 1.92. The molecule has 4 rings (SSSR count). The highest BCUT2D eigenvalue weighted by Crippen LogP contribution is 2.48. The van der Waals surface area contributed by atoms with Gasteiger partial charge in [0.15, 0.2) is 14.7 Å². The van der Waals surface area contributed by atoms with Gasteiger partial charge in [-0.05, 0) is 73.5 Å². The molecule has 1 atom stereocenters. The molecule has 3 aromatic rings. The van der Waals surface area contributed by atoms with Gasteiger partial charge in [-0.15, -0.1) is 0 Å². The van der Waals surface area contributed by atoms with Crippen molar-refractivity contribution in [3.63, 3.8) is 0 Å². The van der Waals surface area contributed by atoms with Gasteiger partial charge >= 0.3 is 0 Å². The first kappa shape index (κ1) is 15.7. The molecule has 1 aliphatic heterocycles. The van der Waals surface area contributed by atoms with Crippen LogP contribution in [-0.2, 0) is 10.9 Å². The van der Waals surface area contributed by atoms with Crippen LogP contribution >= 0.6 is 11.8 Å². The van der Waals surface area contributed by atoms with Gasteiger partial charge in [0.25, 0.3) is 0 Å². The van der Waals surface area contributed by atoms with E-state index in [1.807, 2.05) is 11.8 Å². The first-order valence-corrected chi connectivity index (χ1v) is 9.97. The minimum Gasteiger partial charge on any atom is -0.497 e. The van der Waals surface area contributed by atoms with Gasteiger partial charge in [-0.2, -0.15) is 0 Å². The predicted molar refractivity (Wildman–Crippen MR) is 102 cm³/mol. The van der Waals surface area contributed by atoms with E-state index < -0.39 is 0 Å². The van der Waals surface area contributed by atoms with Gasteiger partial charge in [-0.1, -0.05) is 23.9 Å². The maximum absolute atomic E-state index is 5.33. The molecule has 1 aliphatic rings. The highest BCUT2D eigenvalue weighted by molar-refractivity contribution is 8.04. The maximum Gasteiger partial charge on any atom is 0.180 e.